The Hall–Kier alpha value is -2.90. The fraction of sp³-hybridized carbons (Fsp3) is 0.545. The summed E-state index contributed by atoms with van der Waals surface area (Å²) >= 11 is 0. The van der Waals surface area contributed by atoms with Crippen molar-refractivity contribution in [3.63, 3.8) is 0 Å². The minimum atomic E-state index is -1.55. The number of ether oxygens (including phenoxy) is 1. The summed E-state index contributed by atoms with van der Waals surface area (Å²) < 4.78 is 5.44. The predicted octanol–water partition coefficient (Wildman–Crippen LogP) is 1.79. The van der Waals surface area contributed by atoms with Gasteiger partial charge in [0.25, 0.3) is 11.8 Å². The number of rotatable bonds is 7. The lowest BCUT2D eigenvalue weighted by molar-refractivity contribution is -0.161. The van der Waals surface area contributed by atoms with Crippen LogP contribution in [0, 0.1) is 5.92 Å². The minimum Gasteiger partial charge on any atom is -0.452 e. The lowest BCUT2D eigenvalue weighted by Crippen LogP contribution is -2.67. The number of anilines is 1. The number of amides is 3. The summed E-state index contributed by atoms with van der Waals surface area (Å²) in [6, 6.07) is 6.74. The number of carbonyl (C=O) groups excluding carboxylic acids is 4. The normalized spacial score (nSPS) is 22.6. The van der Waals surface area contributed by atoms with Crippen molar-refractivity contribution in [3.8, 4) is 0 Å². The van der Waals surface area contributed by atoms with Crippen LogP contribution in [0.25, 0.3) is 0 Å². The van der Waals surface area contributed by atoms with Crippen molar-refractivity contribution >= 4 is 29.4 Å². The van der Waals surface area contributed by atoms with Gasteiger partial charge in [0.1, 0.15) is 0 Å². The first kappa shape index (κ1) is 20.4. The van der Waals surface area contributed by atoms with Gasteiger partial charge >= 0.3 is 5.97 Å². The zero-order valence-corrected chi connectivity index (χ0v) is 17.4. The molecule has 1 aliphatic carbocycles. The molecule has 0 unspecified atom stereocenters. The maximum absolute atomic E-state index is 13.3. The van der Waals surface area contributed by atoms with E-state index in [-0.39, 0.29) is 37.2 Å². The number of para-hydroxylation sites is 1. The van der Waals surface area contributed by atoms with E-state index in [0.717, 1.165) is 19.3 Å². The molecule has 8 nitrogen and oxygen atoms in total. The Kier molecular flexibility index (Phi) is 5.26. The van der Waals surface area contributed by atoms with E-state index in [1.54, 1.807) is 29.2 Å². The predicted molar refractivity (Wildman–Crippen MR) is 109 cm³/mol. The molecule has 0 bridgehead atoms. The highest BCUT2D eigenvalue weighted by Crippen LogP contribution is 2.44. The van der Waals surface area contributed by atoms with Gasteiger partial charge in [-0.3, -0.25) is 19.3 Å². The van der Waals surface area contributed by atoms with Crippen molar-refractivity contribution in [2.24, 2.45) is 5.92 Å². The number of carbonyl (C=O) groups is 4. The summed E-state index contributed by atoms with van der Waals surface area (Å²) in [7, 11) is 1.50. The molecule has 8 heteroatoms. The molecule has 0 N–H and O–H groups in total. The third-order valence-electron chi connectivity index (χ3n) is 6.22. The number of benzene rings is 1. The third-order valence-corrected chi connectivity index (χ3v) is 6.22. The quantitative estimate of drug-likeness (QED) is 0.636. The highest BCUT2D eigenvalue weighted by molar-refractivity contribution is 6.15. The molecule has 2 fully saturated rings. The van der Waals surface area contributed by atoms with Crippen LogP contribution >= 0.6 is 0 Å². The van der Waals surface area contributed by atoms with Crippen molar-refractivity contribution in [1.82, 2.24) is 9.80 Å². The lowest BCUT2D eigenvalue weighted by atomic mass is 9.97. The molecule has 0 aromatic heterocycles. The van der Waals surface area contributed by atoms with Gasteiger partial charge in [0, 0.05) is 33.0 Å². The molecular weight excluding hydrogens is 386 g/mol. The second kappa shape index (κ2) is 7.74. The molecule has 1 aromatic rings. The molecule has 1 saturated heterocycles. The molecule has 160 valence electrons. The Labute approximate surface area is 175 Å². The van der Waals surface area contributed by atoms with Crippen molar-refractivity contribution in [1.29, 1.82) is 0 Å². The Morgan fingerprint density at radius 1 is 1.23 bits per heavy atom. The third kappa shape index (κ3) is 3.24. The van der Waals surface area contributed by atoms with E-state index >= 15 is 0 Å². The molecule has 0 radical (unpaired) electrons. The fourth-order valence-corrected chi connectivity index (χ4v) is 4.42. The summed E-state index contributed by atoms with van der Waals surface area (Å²) in [6.45, 7) is 2.92. The van der Waals surface area contributed by atoms with Crippen LogP contribution in [0.15, 0.2) is 24.3 Å². The van der Waals surface area contributed by atoms with E-state index in [1.807, 2.05) is 6.92 Å². The zero-order valence-electron chi connectivity index (χ0n) is 17.4. The van der Waals surface area contributed by atoms with Crippen LogP contribution in [-0.2, 0) is 19.1 Å². The fourth-order valence-electron chi connectivity index (χ4n) is 4.42. The molecule has 3 amide bonds. The summed E-state index contributed by atoms with van der Waals surface area (Å²) in [5.41, 5.74) is -0.768. The van der Waals surface area contributed by atoms with Gasteiger partial charge < -0.3 is 14.5 Å². The van der Waals surface area contributed by atoms with Crippen LogP contribution in [0.4, 0.5) is 5.69 Å². The van der Waals surface area contributed by atoms with Gasteiger partial charge in [-0.2, -0.15) is 0 Å². The van der Waals surface area contributed by atoms with Gasteiger partial charge in [-0.15, -0.1) is 0 Å². The van der Waals surface area contributed by atoms with Gasteiger partial charge in [-0.25, -0.2) is 4.79 Å². The van der Waals surface area contributed by atoms with Crippen LogP contribution in [0.5, 0.6) is 0 Å². The van der Waals surface area contributed by atoms with Crippen LogP contribution in [-0.4, -0.2) is 65.9 Å². The summed E-state index contributed by atoms with van der Waals surface area (Å²) in [5, 5.41) is 0. The van der Waals surface area contributed by atoms with E-state index in [4.69, 9.17) is 4.74 Å². The van der Waals surface area contributed by atoms with Gasteiger partial charge in [-0.05, 0) is 37.3 Å². The molecular formula is C22H27N3O5. The first-order valence-electron chi connectivity index (χ1n) is 10.6. The average molecular weight is 413 g/mol. The number of likely N-dealkylation sites (N-methyl/N-ethyl adjacent to an activating group) is 1. The van der Waals surface area contributed by atoms with E-state index in [1.165, 1.54) is 16.8 Å². The Balaban J connectivity index is 1.55. The standard InChI is InChI=1S/C22H27N3O5/c1-3-12-24(13-15-8-9-15)19(27)14-30-21(29)22-11-10-18(26)25(22)17-7-5-4-6-16(17)20(28)23(22)2/h4-7,15H,3,8-14H2,1-2H3/t22-/m1/s1. The largest absolute Gasteiger partial charge is 0.452 e. The Morgan fingerprint density at radius 3 is 2.67 bits per heavy atom. The monoisotopic (exact) mass is 413 g/mol. The van der Waals surface area contributed by atoms with Crippen molar-refractivity contribution in [2.75, 3.05) is 31.6 Å². The number of nitrogens with zero attached hydrogens (tertiary/aromatic N) is 3. The maximum Gasteiger partial charge on any atom is 0.354 e. The van der Waals surface area contributed by atoms with E-state index in [9.17, 15) is 19.2 Å². The second-order valence-electron chi connectivity index (χ2n) is 8.29. The molecule has 3 aliphatic rings. The van der Waals surface area contributed by atoms with E-state index in [2.05, 4.69) is 0 Å². The minimum absolute atomic E-state index is 0.124. The van der Waals surface area contributed by atoms with E-state index in [0.29, 0.717) is 30.3 Å². The highest BCUT2D eigenvalue weighted by atomic mass is 16.5. The average Bonchev–Trinajstić information content (AvgIpc) is 3.50. The summed E-state index contributed by atoms with van der Waals surface area (Å²) in [4.78, 5) is 55.9. The smallest absolute Gasteiger partial charge is 0.354 e. The van der Waals surface area contributed by atoms with Gasteiger partial charge in [0.15, 0.2) is 6.61 Å². The molecule has 4 rings (SSSR count). The zero-order chi connectivity index (χ0) is 21.5. The van der Waals surface area contributed by atoms with Crippen LogP contribution in [0.3, 0.4) is 0 Å². The maximum atomic E-state index is 13.3. The van der Waals surface area contributed by atoms with Gasteiger partial charge in [0.05, 0.1) is 11.3 Å². The van der Waals surface area contributed by atoms with Crippen LogP contribution in [0.1, 0.15) is 49.4 Å². The van der Waals surface area contributed by atoms with Crippen molar-refractivity contribution in [2.45, 2.75) is 44.7 Å². The number of fused-ring (bicyclic) bond motifs is 3. The second-order valence-corrected chi connectivity index (χ2v) is 8.29. The number of esters is 1. The molecule has 0 spiro atoms. The van der Waals surface area contributed by atoms with E-state index < -0.39 is 11.6 Å². The van der Waals surface area contributed by atoms with Gasteiger partial charge in [-0.1, -0.05) is 19.1 Å². The highest BCUT2D eigenvalue weighted by Gasteiger charge is 2.60. The molecule has 2 heterocycles. The summed E-state index contributed by atoms with van der Waals surface area (Å²) in [5.74, 6) is -1.03. The topological polar surface area (TPSA) is 87.2 Å². The Bertz CT molecular complexity index is 897. The van der Waals surface area contributed by atoms with Crippen molar-refractivity contribution in [3.05, 3.63) is 29.8 Å². The first-order valence-corrected chi connectivity index (χ1v) is 10.6. The van der Waals surface area contributed by atoms with Crippen LogP contribution < -0.4 is 4.90 Å². The lowest BCUT2D eigenvalue weighted by Gasteiger charge is -2.46. The van der Waals surface area contributed by atoms with Crippen LogP contribution in [0.2, 0.25) is 0 Å². The number of hydrogen-bond donors (Lipinski definition) is 0. The number of hydrogen-bond acceptors (Lipinski definition) is 5. The Morgan fingerprint density at radius 2 is 1.97 bits per heavy atom. The molecule has 1 saturated carbocycles. The van der Waals surface area contributed by atoms with Crippen molar-refractivity contribution < 1.29 is 23.9 Å². The molecule has 30 heavy (non-hydrogen) atoms. The molecule has 2 aliphatic heterocycles. The summed E-state index contributed by atoms with van der Waals surface area (Å²) in [6.07, 6.45) is 3.33. The van der Waals surface area contributed by atoms with Gasteiger partial charge in [0.2, 0.25) is 11.6 Å². The first-order chi connectivity index (χ1) is 14.4. The molecule has 1 atom stereocenters. The SMILES string of the molecule is CCCN(CC1CC1)C(=O)COC(=O)[C@@]12CCC(=O)N1c1ccccc1C(=O)N2C. The molecule has 1 aromatic carbocycles.